The molecule has 0 spiro atoms. The summed E-state index contributed by atoms with van der Waals surface area (Å²) in [6, 6.07) is 7.39. The molecule has 4 nitrogen and oxygen atoms in total. The molecule has 3 rings (SSSR count). The van der Waals surface area contributed by atoms with Crippen molar-refractivity contribution in [1.29, 1.82) is 0 Å². The molecule has 0 aliphatic rings. The van der Waals surface area contributed by atoms with E-state index in [1.807, 2.05) is 39.0 Å². The van der Waals surface area contributed by atoms with Crippen molar-refractivity contribution >= 4 is 31.6 Å². The summed E-state index contributed by atoms with van der Waals surface area (Å²) in [6.45, 7) is 5.80. The zero-order chi connectivity index (χ0) is 15.1. The SMILES string of the molecule is CC[C@@H](C)n1c(C)nc2sc3ccccc3c(=O)c2c1=O. The lowest BCUT2D eigenvalue weighted by molar-refractivity contribution is 0.497. The van der Waals surface area contributed by atoms with E-state index in [1.54, 1.807) is 10.6 Å². The second kappa shape index (κ2) is 5.07. The maximum absolute atomic E-state index is 12.7. The summed E-state index contributed by atoms with van der Waals surface area (Å²) in [4.78, 5) is 30.4. The summed E-state index contributed by atoms with van der Waals surface area (Å²) in [6.07, 6.45) is 0.819. The Balaban J connectivity index is 2.54. The van der Waals surface area contributed by atoms with E-state index in [4.69, 9.17) is 0 Å². The predicted molar refractivity (Wildman–Crippen MR) is 87.4 cm³/mol. The standard InChI is InChI=1S/C16H16N2O2S/c1-4-9(2)18-10(3)17-15-13(16(18)20)14(19)11-7-5-6-8-12(11)21-15/h5-9H,4H2,1-3H3/t9-/m1/s1. The fourth-order valence-electron chi connectivity index (χ4n) is 2.57. The van der Waals surface area contributed by atoms with E-state index in [-0.39, 0.29) is 22.4 Å². The molecule has 0 fully saturated rings. The zero-order valence-corrected chi connectivity index (χ0v) is 13.0. The average Bonchev–Trinajstić information content (AvgIpc) is 2.46. The van der Waals surface area contributed by atoms with Gasteiger partial charge in [0.05, 0.1) is 0 Å². The van der Waals surface area contributed by atoms with Crippen molar-refractivity contribution in [1.82, 2.24) is 9.55 Å². The molecule has 1 aromatic carbocycles. The molecule has 0 saturated carbocycles. The Kier molecular flexibility index (Phi) is 3.37. The number of benzene rings is 1. The number of aryl methyl sites for hydroxylation is 1. The highest BCUT2D eigenvalue weighted by atomic mass is 32.1. The Bertz CT molecular complexity index is 956. The molecule has 0 unspecified atom stereocenters. The van der Waals surface area contributed by atoms with Gasteiger partial charge >= 0.3 is 0 Å². The van der Waals surface area contributed by atoms with Crippen LogP contribution in [0, 0.1) is 6.92 Å². The molecule has 0 amide bonds. The van der Waals surface area contributed by atoms with Crippen LogP contribution in [0.5, 0.6) is 0 Å². The second-order valence-corrected chi connectivity index (χ2v) is 6.23. The minimum atomic E-state index is -0.223. The van der Waals surface area contributed by atoms with Crippen LogP contribution in [0.1, 0.15) is 32.1 Å². The van der Waals surface area contributed by atoms with Crippen molar-refractivity contribution in [2.45, 2.75) is 33.2 Å². The summed E-state index contributed by atoms with van der Waals surface area (Å²) in [5.74, 6) is 0.660. The molecule has 1 atom stereocenters. The van der Waals surface area contributed by atoms with Crippen LogP contribution in [0.3, 0.4) is 0 Å². The van der Waals surface area contributed by atoms with Gasteiger partial charge in [-0.1, -0.05) is 19.1 Å². The van der Waals surface area contributed by atoms with Gasteiger partial charge in [0.15, 0.2) is 0 Å². The minimum Gasteiger partial charge on any atom is -0.293 e. The number of hydrogen-bond acceptors (Lipinski definition) is 4. The molecule has 3 aromatic rings. The molecular formula is C16H16N2O2S. The van der Waals surface area contributed by atoms with E-state index in [2.05, 4.69) is 4.98 Å². The number of rotatable bonds is 2. The minimum absolute atomic E-state index is 0.0327. The largest absolute Gasteiger partial charge is 0.293 e. The highest BCUT2D eigenvalue weighted by Gasteiger charge is 2.16. The summed E-state index contributed by atoms with van der Waals surface area (Å²) in [5.41, 5.74) is -0.437. The molecule has 0 aliphatic carbocycles. The van der Waals surface area contributed by atoms with Gasteiger partial charge in [0, 0.05) is 16.1 Å². The fourth-order valence-corrected chi connectivity index (χ4v) is 3.65. The molecule has 0 N–H and O–H groups in total. The monoisotopic (exact) mass is 300 g/mol. The Morgan fingerprint density at radius 2 is 2.00 bits per heavy atom. The summed E-state index contributed by atoms with van der Waals surface area (Å²) >= 11 is 1.40. The topological polar surface area (TPSA) is 52.0 Å². The van der Waals surface area contributed by atoms with Gasteiger partial charge in [-0.2, -0.15) is 0 Å². The van der Waals surface area contributed by atoms with Gasteiger partial charge in [0.2, 0.25) is 5.43 Å². The van der Waals surface area contributed by atoms with Gasteiger partial charge in [-0.05, 0) is 32.4 Å². The zero-order valence-electron chi connectivity index (χ0n) is 12.2. The number of nitrogens with zero attached hydrogens (tertiary/aromatic N) is 2. The normalized spacial score (nSPS) is 12.9. The van der Waals surface area contributed by atoms with Crippen LogP contribution in [0.4, 0.5) is 0 Å². The molecule has 108 valence electrons. The van der Waals surface area contributed by atoms with Crippen LogP contribution in [0.25, 0.3) is 20.3 Å². The predicted octanol–water partition coefficient (Wildman–Crippen LogP) is 3.25. The number of fused-ring (bicyclic) bond motifs is 2. The first-order chi connectivity index (χ1) is 10.0. The van der Waals surface area contributed by atoms with Gasteiger partial charge in [-0.25, -0.2) is 4.98 Å². The quantitative estimate of drug-likeness (QED) is 0.683. The molecule has 0 saturated heterocycles. The fraction of sp³-hybridized carbons (Fsp3) is 0.312. The van der Waals surface area contributed by atoms with Crippen molar-refractivity contribution in [2.24, 2.45) is 0 Å². The number of aromatic nitrogens is 2. The van der Waals surface area contributed by atoms with E-state index in [0.29, 0.717) is 16.0 Å². The molecule has 21 heavy (non-hydrogen) atoms. The van der Waals surface area contributed by atoms with Crippen LogP contribution >= 0.6 is 11.3 Å². The lowest BCUT2D eigenvalue weighted by Gasteiger charge is -2.16. The Hall–Kier alpha value is -2.01. The van der Waals surface area contributed by atoms with E-state index in [9.17, 15) is 9.59 Å². The van der Waals surface area contributed by atoms with Crippen molar-refractivity contribution in [3.05, 3.63) is 50.7 Å². The first-order valence-electron chi connectivity index (χ1n) is 6.99. The summed E-state index contributed by atoms with van der Waals surface area (Å²) < 4.78 is 2.49. The van der Waals surface area contributed by atoms with Gasteiger partial charge in [0.25, 0.3) is 5.56 Å². The van der Waals surface area contributed by atoms with Crippen LogP contribution < -0.4 is 11.0 Å². The molecular weight excluding hydrogens is 284 g/mol. The molecule has 2 aromatic heterocycles. The van der Waals surface area contributed by atoms with E-state index >= 15 is 0 Å². The molecule has 2 heterocycles. The van der Waals surface area contributed by atoms with Crippen LogP contribution in [0.2, 0.25) is 0 Å². The van der Waals surface area contributed by atoms with Crippen molar-refractivity contribution in [2.75, 3.05) is 0 Å². The van der Waals surface area contributed by atoms with Crippen LogP contribution in [-0.4, -0.2) is 9.55 Å². The van der Waals surface area contributed by atoms with E-state index in [1.165, 1.54) is 11.3 Å². The maximum Gasteiger partial charge on any atom is 0.266 e. The molecule has 0 aliphatic heterocycles. The third-order valence-corrected chi connectivity index (χ3v) is 4.92. The van der Waals surface area contributed by atoms with Gasteiger partial charge in [-0.15, -0.1) is 11.3 Å². The average molecular weight is 300 g/mol. The van der Waals surface area contributed by atoms with Crippen molar-refractivity contribution in [3.63, 3.8) is 0 Å². The lowest BCUT2D eigenvalue weighted by Crippen LogP contribution is -2.29. The summed E-state index contributed by atoms with van der Waals surface area (Å²) in [7, 11) is 0. The van der Waals surface area contributed by atoms with E-state index in [0.717, 1.165) is 11.1 Å². The third kappa shape index (κ3) is 2.08. The smallest absolute Gasteiger partial charge is 0.266 e. The van der Waals surface area contributed by atoms with Crippen molar-refractivity contribution < 1.29 is 0 Å². The van der Waals surface area contributed by atoms with E-state index < -0.39 is 0 Å². The molecule has 0 radical (unpaired) electrons. The Labute approximate surface area is 125 Å². The molecule has 5 heteroatoms. The van der Waals surface area contributed by atoms with Gasteiger partial charge in [-0.3, -0.25) is 14.2 Å². The number of hydrogen-bond donors (Lipinski definition) is 0. The first-order valence-corrected chi connectivity index (χ1v) is 7.81. The first kappa shape index (κ1) is 13.9. The molecule has 0 bridgehead atoms. The summed E-state index contributed by atoms with van der Waals surface area (Å²) in [5, 5.41) is 0.804. The highest BCUT2D eigenvalue weighted by molar-refractivity contribution is 7.24. The lowest BCUT2D eigenvalue weighted by atomic mass is 10.2. The third-order valence-electron chi connectivity index (χ3n) is 3.86. The van der Waals surface area contributed by atoms with Crippen LogP contribution in [-0.2, 0) is 0 Å². The van der Waals surface area contributed by atoms with Gasteiger partial charge < -0.3 is 0 Å². The maximum atomic E-state index is 12.7. The highest BCUT2D eigenvalue weighted by Crippen LogP contribution is 2.22. The van der Waals surface area contributed by atoms with Gasteiger partial charge in [0.1, 0.15) is 16.0 Å². The van der Waals surface area contributed by atoms with Crippen molar-refractivity contribution in [3.8, 4) is 0 Å². The second-order valence-electron chi connectivity index (χ2n) is 5.20. The Morgan fingerprint density at radius 1 is 1.29 bits per heavy atom. The van der Waals surface area contributed by atoms with Crippen LogP contribution in [0.15, 0.2) is 33.9 Å². The Morgan fingerprint density at radius 3 is 2.71 bits per heavy atom.